The quantitative estimate of drug-likeness (QED) is 0.701. The molecular weight excluding hydrogens is 402 g/mol. The van der Waals surface area contributed by atoms with Crippen LogP contribution in [-0.4, -0.2) is 33.8 Å². The van der Waals surface area contributed by atoms with Crippen molar-refractivity contribution in [2.45, 2.75) is 12.2 Å². The monoisotopic (exact) mass is 418 g/mol. The number of pyridine rings is 2. The van der Waals surface area contributed by atoms with Gasteiger partial charge in [-0.1, -0.05) is 6.07 Å². The fraction of sp³-hybridized carbons (Fsp3) is 0.136. The number of benzene rings is 1. The van der Waals surface area contributed by atoms with Crippen LogP contribution in [0.5, 0.6) is 0 Å². The van der Waals surface area contributed by atoms with Gasteiger partial charge in [0.15, 0.2) is 11.5 Å². The molecule has 1 atom stereocenters. The lowest BCUT2D eigenvalue weighted by molar-refractivity contribution is -0.129. The molecule has 0 spiro atoms. The smallest absolute Gasteiger partial charge is 0.266 e. The van der Waals surface area contributed by atoms with E-state index in [0.29, 0.717) is 16.7 Å². The maximum Gasteiger partial charge on any atom is 0.266 e. The van der Waals surface area contributed by atoms with Gasteiger partial charge in [-0.25, -0.2) is 13.8 Å². The average Bonchev–Trinajstić information content (AvgIpc) is 3.04. The summed E-state index contributed by atoms with van der Waals surface area (Å²) in [6.07, 6.45) is 5.54. The van der Waals surface area contributed by atoms with Gasteiger partial charge in [0.25, 0.3) is 5.91 Å². The van der Waals surface area contributed by atoms with Crippen molar-refractivity contribution in [1.82, 2.24) is 14.9 Å². The third-order valence-electron chi connectivity index (χ3n) is 5.17. The second-order valence-electron chi connectivity index (χ2n) is 7.03. The molecule has 154 valence electrons. The standard InChI is InChI=1S/C22H16F2N6O/c1-30-20(31)22(29-21(30)26,17-5-13(7-23)9-28-12-17)16-2-3-19(24)18(6-16)15-4-14(8-25)10-27-11-15/h2-6,9-12H,7H2,1H3,(H2,26,29). The summed E-state index contributed by atoms with van der Waals surface area (Å²) in [6.45, 7) is -0.776. The van der Waals surface area contributed by atoms with Gasteiger partial charge < -0.3 is 5.73 Å². The minimum atomic E-state index is -1.65. The van der Waals surface area contributed by atoms with E-state index in [9.17, 15) is 13.6 Å². The molecule has 0 fully saturated rings. The van der Waals surface area contributed by atoms with Crippen molar-refractivity contribution in [3.05, 3.63) is 83.2 Å². The number of guanidine groups is 1. The number of carbonyl (C=O) groups excluding carboxylic acids is 1. The molecule has 4 rings (SSSR count). The molecular formula is C22H16F2N6O. The number of halogens is 2. The molecule has 1 amide bonds. The first-order chi connectivity index (χ1) is 14.9. The van der Waals surface area contributed by atoms with Crippen molar-refractivity contribution in [3.8, 4) is 17.2 Å². The first-order valence-electron chi connectivity index (χ1n) is 9.20. The highest BCUT2D eigenvalue weighted by Gasteiger charge is 2.50. The molecule has 0 aliphatic carbocycles. The molecule has 1 aliphatic rings. The molecule has 0 bridgehead atoms. The Morgan fingerprint density at radius 1 is 1.13 bits per heavy atom. The third-order valence-corrected chi connectivity index (χ3v) is 5.17. The first-order valence-corrected chi connectivity index (χ1v) is 9.20. The van der Waals surface area contributed by atoms with Crippen LogP contribution in [0.3, 0.4) is 0 Å². The zero-order valence-corrected chi connectivity index (χ0v) is 16.4. The van der Waals surface area contributed by atoms with Gasteiger partial charge in [-0.05, 0) is 29.8 Å². The second-order valence-corrected chi connectivity index (χ2v) is 7.03. The Morgan fingerprint density at radius 3 is 2.58 bits per heavy atom. The summed E-state index contributed by atoms with van der Waals surface area (Å²) in [4.78, 5) is 26.9. The molecule has 2 N–H and O–H groups in total. The van der Waals surface area contributed by atoms with Gasteiger partial charge in [0.1, 0.15) is 18.6 Å². The number of rotatable bonds is 4. The van der Waals surface area contributed by atoms with Crippen LogP contribution in [0.25, 0.3) is 11.1 Å². The van der Waals surface area contributed by atoms with E-state index >= 15 is 0 Å². The van der Waals surface area contributed by atoms with E-state index in [1.807, 2.05) is 6.07 Å². The van der Waals surface area contributed by atoms with Crippen LogP contribution in [0.15, 0.2) is 60.1 Å². The highest BCUT2D eigenvalue weighted by atomic mass is 19.1. The van der Waals surface area contributed by atoms with E-state index in [4.69, 9.17) is 11.0 Å². The van der Waals surface area contributed by atoms with Crippen LogP contribution in [0, 0.1) is 17.1 Å². The van der Waals surface area contributed by atoms with Crippen molar-refractivity contribution in [1.29, 1.82) is 5.26 Å². The van der Waals surface area contributed by atoms with Crippen LogP contribution in [-0.2, 0) is 17.0 Å². The average molecular weight is 418 g/mol. The summed E-state index contributed by atoms with van der Waals surface area (Å²) in [7, 11) is 1.47. The minimum absolute atomic E-state index is 0.0327. The molecule has 0 radical (unpaired) electrons. The number of hydrogen-bond donors (Lipinski definition) is 1. The fourth-order valence-electron chi connectivity index (χ4n) is 3.56. The largest absolute Gasteiger partial charge is 0.369 e. The molecule has 9 heteroatoms. The van der Waals surface area contributed by atoms with Crippen molar-refractivity contribution in [2.75, 3.05) is 7.05 Å². The molecule has 2 aromatic heterocycles. The highest BCUT2D eigenvalue weighted by Crippen LogP contribution is 2.41. The van der Waals surface area contributed by atoms with Gasteiger partial charge in [-0.2, -0.15) is 5.26 Å². The molecule has 1 aromatic carbocycles. The van der Waals surface area contributed by atoms with Crippen molar-refractivity contribution in [3.63, 3.8) is 0 Å². The van der Waals surface area contributed by atoms with Crippen LogP contribution >= 0.6 is 0 Å². The SMILES string of the molecule is CN1C(=O)C(c2cncc(CF)c2)(c2ccc(F)c(-c3cncc(C#N)c3)c2)N=C1N. The zero-order chi connectivity index (χ0) is 22.2. The third kappa shape index (κ3) is 3.18. The lowest BCUT2D eigenvalue weighted by Gasteiger charge is -2.26. The Hall–Kier alpha value is -4.19. The van der Waals surface area contributed by atoms with E-state index in [1.54, 1.807) is 0 Å². The summed E-state index contributed by atoms with van der Waals surface area (Å²) in [5, 5.41) is 9.13. The Labute approximate surface area is 176 Å². The fourth-order valence-corrected chi connectivity index (χ4v) is 3.56. The first kappa shape index (κ1) is 20.1. The van der Waals surface area contributed by atoms with E-state index in [1.165, 1.54) is 67.1 Å². The molecule has 31 heavy (non-hydrogen) atoms. The van der Waals surface area contributed by atoms with Crippen molar-refractivity contribution >= 4 is 11.9 Å². The van der Waals surface area contributed by atoms with Crippen LogP contribution in [0.4, 0.5) is 8.78 Å². The van der Waals surface area contributed by atoms with Crippen LogP contribution in [0.1, 0.15) is 22.3 Å². The number of carbonyl (C=O) groups is 1. The van der Waals surface area contributed by atoms with Crippen molar-refractivity contribution < 1.29 is 13.6 Å². The van der Waals surface area contributed by atoms with Gasteiger partial charge in [-0.15, -0.1) is 0 Å². The van der Waals surface area contributed by atoms with E-state index in [2.05, 4.69) is 15.0 Å². The number of aromatic nitrogens is 2. The predicted octanol–water partition coefficient (Wildman–Crippen LogP) is 2.65. The van der Waals surface area contributed by atoms with Gasteiger partial charge in [0.05, 0.1) is 5.56 Å². The second kappa shape index (κ2) is 7.57. The highest BCUT2D eigenvalue weighted by molar-refractivity contribution is 6.09. The maximum absolute atomic E-state index is 14.7. The van der Waals surface area contributed by atoms with Crippen molar-refractivity contribution in [2.24, 2.45) is 10.7 Å². The number of alkyl halides is 1. The molecule has 3 aromatic rings. The van der Waals surface area contributed by atoms with Gasteiger partial charge in [-0.3, -0.25) is 19.7 Å². The summed E-state index contributed by atoms with van der Waals surface area (Å²) in [5.74, 6) is -1.08. The van der Waals surface area contributed by atoms with Gasteiger partial charge >= 0.3 is 0 Å². The van der Waals surface area contributed by atoms with E-state index < -0.39 is 23.9 Å². The van der Waals surface area contributed by atoms with E-state index in [-0.39, 0.29) is 22.6 Å². The minimum Gasteiger partial charge on any atom is -0.369 e. The van der Waals surface area contributed by atoms with E-state index in [0.717, 1.165) is 0 Å². The Kier molecular flexibility index (Phi) is 4.91. The van der Waals surface area contributed by atoms with Crippen LogP contribution < -0.4 is 5.73 Å². The Balaban J connectivity index is 1.97. The molecule has 3 heterocycles. The predicted molar refractivity (Wildman–Crippen MR) is 109 cm³/mol. The normalized spacial score (nSPS) is 18.1. The number of nitriles is 1. The summed E-state index contributed by atoms with van der Waals surface area (Å²) >= 11 is 0. The number of amides is 1. The summed E-state index contributed by atoms with van der Waals surface area (Å²) in [6, 6.07) is 9.04. The van der Waals surface area contributed by atoms with Gasteiger partial charge in [0, 0.05) is 54.1 Å². The summed E-state index contributed by atoms with van der Waals surface area (Å²) < 4.78 is 28.0. The number of aliphatic imine (C=N–C) groups is 1. The Bertz CT molecular complexity index is 1270. The molecule has 1 unspecified atom stereocenters. The molecule has 0 saturated carbocycles. The lowest BCUT2D eigenvalue weighted by atomic mass is 9.82. The number of nitrogens with zero attached hydrogens (tertiary/aromatic N) is 5. The zero-order valence-electron chi connectivity index (χ0n) is 16.4. The van der Waals surface area contributed by atoms with Crippen LogP contribution in [0.2, 0.25) is 0 Å². The number of hydrogen-bond acceptors (Lipinski definition) is 6. The summed E-state index contributed by atoms with van der Waals surface area (Å²) in [5.41, 5.74) is 5.94. The number of nitrogens with two attached hydrogens (primary N) is 1. The van der Waals surface area contributed by atoms with Gasteiger partial charge in [0.2, 0.25) is 0 Å². The maximum atomic E-state index is 14.7. The Morgan fingerprint density at radius 2 is 1.90 bits per heavy atom. The lowest BCUT2D eigenvalue weighted by Crippen LogP contribution is -2.41. The molecule has 0 saturated heterocycles. The molecule has 1 aliphatic heterocycles. The topological polar surface area (TPSA) is 108 Å². The molecule has 7 nitrogen and oxygen atoms in total. The number of likely N-dealkylation sites (N-methyl/N-ethyl adjacent to an activating group) is 1.